The summed E-state index contributed by atoms with van der Waals surface area (Å²) in [5.41, 5.74) is -0.341. The van der Waals surface area contributed by atoms with Crippen LogP contribution in [0.2, 0.25) is 0 Å². The minimum absolute atomic E-state index is 0.231. The maximum atomic E-state index is 6.11. The van der Waals surface area contributed by atoms with Gasteiger partial charge in [0.05, 0.1) is 6.61 Å². The second-order valence-electron chi connectivity index (χ2n) is 6.66. The van der Waals surface area contributed by atoms with E-state index in [1.54, 1.807) is 0 Å². The van der Waals surface area contributed by atoms with E-state index in [4.69, 9.17) is 19.2 Å². The van der Waals surface area contributed by atoms with E-state index in [1.807, 2.05) is 6.92 Å². The average molecular weight is 254 g/mol. The molecule has 4 nitrogen and oxygen atoms in total. The molecule has 0 aromatic carbocycles. The first-order chi connectivity index (χ1) is 8.64. The van der Waals surface area contributed by atoms with Crippen LogP contribution >= 0.6 is 0 Å². The van der Waals surface area contributed by atoms with Gasteiger partial charge in [0.1, 0.15) is 0 Å². The van der Waals surface area contributed by atoms with E-state index in [9.17, 15) is 0 Å². The van der Waals surface area contributed by atoms with Gasteiger partial charge in [-0.15, -0.1) is 0 Å². The standard InChI is InChI=1S/C14H22O4/c1-9-3-4-10-6-8-15-12-14(10)11(9)5-7-13(2,16-12)17-18-14/h9-12H,3-8H2,1-2H3/t9-,10+,11+,12-,13-,14-/m1/s1. The van der Waals surface area contributed by atoms with Gasteiger partial charge in [0.15, 0.2) is 11.9 Å². The topological polar surface area (TPSA) is 36.9 Å². The van der Waals surface area contributed by atoms with Gasteiger partial charge in [0, 0.05) is 6.42 Å². The zero-order chi connectivity index (χ0) is 12.4. The Morgan fingerprint density at radius 3 is 2.83 bits per heavy atom. The van der Waals surface area contributed by atoms with E-state index < -0.39 is 5.79 Å². The molecule has 0 unspecified atom stereocenters. The van der Waals surface area contributed by atoms with Crippen molar-refractivity contribution in [2.75, 3.05) is 6.61 Å². The van der Waals surface area contributed by atoms with Crippen LogP contribution in [0.15, 0.2) is 0 Å². The van der Waals surface area contributed by atoms with Crippen LogP contribution in [0.1, 0.15) is 46.0 Å². The van der Waals surface area contributed by atoms with Crippen molar-refractivity contribution >= 4 is 0 Å². The van der Waals surface area contributed by atoms with Gasteiger partial charge in [-0.3, -0.25) is 0 Å². The molecule has 5 fully saturated rings. The Kier molecular flexibility index (Phi) is 2.39. The molecule has 1 aliphatic carbocycles. The van der Waals surface area contributed by atoms with Gasteiger partial charge in [0.25, 0.3) is 0 Å². The molecular formula is C14H22O4. The molecule has 2 bridgehead atoms. The third-order valence-corrected chi connectivity index (χ3v) is 5.61. The average Bonchev–Trinajstić information content (AvgIpc) is 2.59. The molecule has 4 heterocycles. The molecular weight excluding hydrogens is 232 g/mol. The van der Waals surface area contributed by atoms with Crippen LogP contribution in [0.4, 0.5) is 0 Å². The smallest absolute Gasteiger partial charge is 0.201 e. The largest absolute Gasteiger partial charge is 0.349 e. The van der Waals surface area contributed by atoms with E-state index in [-0.39, 0.29) is 11.9 Å². The summed E-state index contributed by atoms with van der Waals surface area (Å²) >= 11 is 0. The van der Waals surface area contributed by atoms with Gasteiger partial charge in [-0.2, -0.15) is 0 Å². The minimum Gasteiger partial charge on any atom is -0.349 e. The molecule has 1 saturated carbocycles. The fraction of sp³-hybridized carbons (Fsp3) is 1.00. The highest BCUT2D eigenvalue weighted by Gasteiger charge is 2.66. The molecule has 0 aromatic heterocycles. The Hall–Kier alpha value is -0.160. The fourth-order valence-corrected chi connectivity index (χ4v) is 4.55. The van der Waals surface area contributed by atoms with Crippen LogP contribution in [-0.2, 0) is 19.2 Å². The monoisotopic (exact) mass is 254 g/mol. The Labute approximate surface area is 108 Å². The summed E-state index contributed by atoms with van der Waals surface area (Å²) in [6.07, 6.45) is 5.36. The van der Waals surface area contributed by atoms with Crippen LogP contribution in [-0.4, -0.2) is 24.3 Å². The van der Waals surface area contributed by atoms with Crippen molar-refractivity contribution in [2.24, 2.45) is 17.8 Å². The Bertz CT molecular complexity index is 356. The molecule has 6 atom stereocenters. The molecule has 102 valence electrons. The second kappa shape index (κ2) is 3.69. The van der Waals surface area contributed by atoms with Gasteiger partial charge in [-0.25, -0.2) is 9.78 Å². The summed E-state index contributed by atoms with van der Waals surface area (Å²) in [4.78, 5) is 11.6. The highest BCUT2D eigenvalue weighted by atomic mass is 17.3. The normalized spacial score (nSPS) is 59.0. The molecule has 0 aromatic rings. The van der Waals surface area contributed by atoms with Crippen LogP contribution < -0.4 is 0 Å². The van der Waals surface area contributed by atoms with E-state index in [1.165, 1.54) is 12.8 Å². The zero-order valence-electron chi connectivity index (χ0n) is 11.2. The number of fused-ring (bicyclic) bond motifs is 2. The first-order valence-electron chi connectivity index (χ1n) is 7.30. The first-order valence-corrected chi connectivity index (χ1v) is 7.30. The Morgan fingerprint density at radius 1 is 1.06 bits per heavy atom. The van der Waals surface area contributed by atoms with Gasteiger partial charge < -0.3 is 9.47 Å². The number of hydrogen-bond donors (Lipinski definition) is 0. The summed E-state index contributed by atoms with van der Waals surface area (Å²) in [7, 11) is 0. The second-order valence-corrected chi connectivity index (χ2v) is 6.66. The summed E-state index contributed by atoms with van der Waals surface area (Å²) in [6, 6.07) is 0. The van der Waals surface area contributed by atoms with Crippen LogP contribution in [0.25, 0.3) is 0 Å². The Morgan fingerprint density at radius 2 is 1.94 bits per heavy atom. The maximum absolute atomic E-state index is 6.11. The van der Waals surface area contributed by atoms with Crippen molar-refractivity contribution < 1.29 is 19.2 Å². The maximum Gasteiger partial charge on any atom is 0.201 e. The van der Waals surface area contributed by atoms with Gasteiger partial charge >= 0.3 is 0 Å². The lowest BCUT2D eigenvalue weighted by Gasteiger charge is -2.57. The number of rotatable bonds is 0. The molecule has 4 saturated heterocycles. The minimum atomic E-state index is -0.616. The molecule has 5 aliphatic rings. The lowest BCUT2D eigenvalue weighted by atomic mass is 9.61. The lowest BCUT2D eigenvalue weighted by Crippen LogP contribution is -2.67. The molecule has 5 rings (SSSR count). The van der Waals surface area contributed by atoms with Crippen LogP contribution in [0, 0.1) is 17.8 Å². The zero-order valence-corrected chi connectivity index (χ0v) is 11.2. The van der Waals surface area contributed by atoms with Crippen molar-refractivity contribution in [2.45, 2.75) is 63.6 Å². The molecule has 1 spiro atoms. The predicted molar refractivity (Wildman–Crippen MR) is 63.4 cm³/mol. The first kappa shape index (κ1) is 11.6. The fourth-order valence-electron chi connectivity index (χ4n) is 4.55. The van der Waals surface area contributed by atoms with Crippen molar-refractivity contribution in [3.63, 3.8) is 0 Å². The number of ether oxygens (including phenoxy) is 2. The SMILES string of the molecule is C[C@@H]1CC[C@H]2CCO[C@@H]3O[C@@]4(C)CC[C@@H]1[C@]23OO4. The van der Waals surface area contributed by atoms with Gasteiger partial charge in [-0.05, 0) is 50.4 Å². The highest BCUT2D eigenvalue weighted by Crippen LogP contribution is 2.58. The van der Waals surface area contributed by atoms with E-state index >= 15 is 0 Å². The third kappa shape index (κ3) is 1.35. The molecule has 0 N–H and O–H groups in total. The van der Waals surface area contributed by atoms with E-state index in [0.29, 0.717) is 17.8 Å². The van der Waals surface area contributed by atoms with Crippen molar-refractivity contribution in [1.29, 1.82) is 0 Å². The molecule has 4 aliphatic heterocycles. The van der Waals surface area contributed by atoms with E-state index in [2.05, 4.69) is 6.92 Å². The van der Waals surface area contributed by atoms with Gasteiger partial charge in [-0.1, -0.05) is 6.92 Å². The van der Waals surface area contributed by atoms with Crippen molar-refractivity contribution in [3.8, 4) is 0 Å². The Balaban J connectivity index is 1.80. The van der Waals surface area contributed by atoms with E-state index in [0.717, 1.165) is 25.9 Å². The quantitative estimate of drug-likeness (QED) is 0.623. The highest BCUT2D eigenvalue weighted by molar-refractivity contribution is 5.06. The summed E-state index contributed by atoms with van der Waals surface area (Å²) < 4.78 is 12.0. The lowest BCUT2D eigenvalue weighted by molar-refractivity contribution is -0.564. The third-order valence-electron chi connectivity index (χ3n) is 5.61. The number of hydrogen-bond acceptors (Lipinski definition) is 4. The summed E-state index contributed by atoms with van der Waals surface area (Å²) in [5.74, 6) is 1.08. The van der Waals surface area contributed by atoms with Gasteiger partial charge in [0.2, 0.25) is 5.79 Å². The molecule has 0 radical (unpaired) electrons. The summed E-state index contributed by atoms with van der Waals surface area (Å²) in [6.45, 7) is 5.10. The molecule has 18 heavy (non-hydrogen) atoms. The van der Waals surface area contributed by atoms with Crippen LogP contribution in [0.5, 0.6) is 0 Å². The van der Waals surface area contributed by atoms with Crippen molar-refractivity contribution in [3.05, 3.63) is 0 Å². The van der Waals surface area contributed by atoms with Crippen molar-refractivity contribution in [1.82, 2.24) is 0 Å². The molecule has 4 heteroatoms. The summed E-state index contributed by atoms with van der Waals surface area (Å²) in [5, 5.41) is 0. The predicted octanol–water partition coefficient (Wildman–Crippen LogP) is 2.62. The molecule has 0 amide bonds. The van der Waals surface area contributed by atoms with Crippen LogP contribution in [0.3, 0.4) is 0 Å².